The zero-order valence-electron chi connectivity index (χ0n) is 10.6. The van der Waals surface area contributed by atoms with Crippen LogP contribution in [0, 0.1) is 0 Å². The standard InChI is InChI=1S/C11H18O7S/c1-3-4-5-6-15-11-8(12)10-9(7(2)16-11)17-19(13,14)18-10/h3,7-12H,1,4-6H2,2H3/t7-,8-,9+,10-,11+/m1/s1. The van der Waals surface area contributed by atoms with Crippen molar-refractivity contribution in [2.75, 3.05) is 6.61 Å². The lowest BCUT2D eigenvalue weighted by Crippen LogP contribution is -2.56. The molecule has 7 nitrogen and oxygen atoms in total. The summed E-state index contributed by atoms with van der Waals surface area (Å²) >= 11 is 0. The highest BCUT2D eigenvalue weighted by Gasteiger charge is 2.54. The van der Waals surface area contributed by atoms with E-state index in [9.17, 15) is 13.5 Å². The van der Waals surface area contributed by atoms with E-state index in [-0.39, 0.29) is 0 Å². The van der Waals surface area contributed by atoms with Gasteiger partial charge < -0.3 is 14.6 Å². The fraction of sp³-hybridized carbons (Fsp3) is 0.818. The zero-order valence-corrected chi connectivity index (χ0v) is 11.4. The van der Waals surface area contributed by atoms with Gasteiger partial charge in [0.2, 0.25) is 0 Å². The molecule has 0 unspecified atom stereocenters. The van der Waals surface area contributed by atoms with Crippen molar-refractivity contribution in [2.45, 2.75) is 50.5 Å². The Morgan fingerprint density at radius 2 is 2.05 bits per heavy atom. The third-order valence-corrected chi connectivity index (χ3v) is 3.96. The van der Waals surface area contributed by atoms with Crippen LogP contribution >= 0.6 is 0 Å². The Morgan fingerprint density at radius 3 is 2.74 bits per heavy atom. The molecule has 0 amide bonds. The van der Waals surface area contributed by atoms with E-state index in [2.05, 4.69) is 6.58 Å². The summed E-state index contributed by atoms with van der Waals surface area (Å²) in [6.07, 6.45) is -1.20. The summed E-state index contributed by atoms with van der Waals surface area (Å²) in [5.74, 6) is 0. The molecule has 1 N–H and O–H groups in total. The van der Waals surface area contributed by atoms with Crippen LogP contribution in [-0.2, 0) is 28.2 Å². The second-order valence-corrected chi connectivity index (χ2v) is 5.73. The third kappa shape index (κ3) is 3.33. The van der Waals surface area contributed by atoms with Gasteiger partial charge >= 0.3 is 10.4 Å². The molecule has 2 saturated heterocycles. The summed E-state index contributed by atoms with van der Waals surface area (Å²) in [5, 5.41) is 10.0. The molecule has 0 aliphatic carbocycles. The van der Waals surface area contributed by atoms with Crippen molar-refractivity contribution in [1.82, 2.24) is 0 Å². The van der Waals surface area contributed by atoms with Gasteiger partial charge in [-0.1, -0.05) is 6.08 Å². The van der Waals surface area contributed by atoms with Gasteiger partial charge in [-0.15, -0.1) is 6.58 Å². The molecule has 2 aliphatic rings. The molecule has 5 atom stereocenters. The minimum Gasteiger partial charge on any atom is -0.385 e. The first-order valence-electron chi connectivity index (χ1n) is 6.12. The molecule has 0 bridgehead atoms. The maximum atomic E-state index is 11.2. The van der Waals surface area contributed by atoms with Gasteiger partial charge in [0.1, 0.15) is 18.3 Å². The van der Waals surface area contributed by atoms with E-state index in [1.807, 2.05) is 0 Å². The number of ether oxygens (including phenoxy) is 2. The average molecular weight is 294 g/mol. The first kappa shape index (κ1) is 14.9. The second kappa shape index (κ2) is 5.86. The first-order chi connectivity index (χ1) is 8.94. The van der Waals surface area contributed by atoms with Crippen LogP contribution in [-0.4, -0.2) is 50.8 Å². The number of aliphatic hydroxyl groups excluding tert-OH is 1. The molecule has 19 heavy (non-hydrogen) atoms. The van der Waals surface area contributed by atoms with E-state index < -0.39 is 41.1 Å². The lowest BCUT2D eigenvalue weighted by Gasteiger charge is -2.37. The van der Waals surface area contributed by atoms with Crippen LogP contribution in [0.1, 0.15) is 19.8 Å². The van der Waals surface area contributed by atoms with Gasteiger partial charge in [-0.05, 0) is 19.8 Å². The van der Waals surface area contributed by atoms with Crippen LogP contribution < -0.4 is 0 Å². The predicted molar refractivity (Wildman–Crippen MR) is 64.4 cm³/mol. The summed E-state index contributed by atoms with van der Waals surface area (Å²) in [6, 6.07) is 0. The van der Waals surface area contributed by atoms with Crippen LogP contribution in [0.4, 0.5) is 0 Å². The fourth-order valence-corrected chi connectivity index (χ4v) is 3.17. The molecule has 0 aromatic heterocycles. The topological polar surface area (TPSA) is 91.3 Å². The summed E-state index contributed by atoms with van der Waals surface area (Å²) in [4.78, 5) is 0. The average Bonchev–Trinajstić information content (AvgIpc) is 2.67. The van der Waals surface area contributed by atoms with Crippen LogP contribution in [0.5, 0.6) is 0 Å². The Bertz CT molecular complexity index is 421. The maximum Gasteiger partial charge on any atom is 0.400 e. The Balaban J connectivity index is 1.96. The first-order valence-corrected chi connectivity index (χ1v) is 7.45. The number of hydrogen-bond donors (Lipinski definition) is 1. The number of rotatable bonds is 5. The summed E-state index contributed by atoms with van der Waals surface area (Å²) in [7, 11) is -4.06. The maximum absolute atomic E-state index is 11.2. The van der Waals surface area contributed by atoms with Crippen LogP contribution in [0.15, 0.2) is 12.7 Å². The molecule has 0 spiro atoms. The molecule has 0 saturated carbocycles. The molecule has 0 aromatic carbocycles. The second-order valence-electron chi connectivity index (χ2n) is 4.53. The summed E-state index contributed by atoms with van der Waals surface area (Å²) < 4.78 is 42.7. The monoisotopic (exact) mass is 294 g/mol. The molecule has 2 heterocycles. The van der Waals surface area contributed by atoms with Gasteiger partial charge in [0.15, 0.2) is 6.29 Å². The van der Waals surface area contributed by atoms with Crippen LogP contribution in [0.2, 0.25) is 0 Å². The smallest absolute Gasteiger partial charge is 0.385 e. The molecule has 0 radical (unpaired) electrons. The summed E-state index contributed by atoms with van der Waals surface area (Å²) in [6.45, 7) is 5.62. The molecule has 2 rings (SSSR count). The highest BCUT2D eigenvalue weighted by Crippen LogP contribution is 2.33. The van der Waals surface area contributed by atoms with E-state index in [1.165, 1.54) is 0 Å². The lowest BCUT2D eigenvalue weighted by molar-refractivity contribution is -0.273. The SMILES string of the molecule is C=CCCCO[C@H]1O[C@H](C)[C@@H]2OS(=O)(=O)O[C@@H]2[C@H]1O. The van der Waals surface area contributed by atoms with Gasteiger partial charge in [-0.3, -0.25) is 0 Å². The van der Waals surface area contributed by atoms with E-state index in [1.54, 1.807) is 13.0 Å². The van der Waals surface area contributed by atoms with E-state index in [4.69, 9.17) is 17.8 Å². The van der Waals surface area contributed by atoms with Crippen LogP contribution in [0.25, 0.3) is 0 Å². The Morgan fingerprint density at radius 1 is 1.37 bits per heavy atom. The van der Waals surface area contributed by atoms with Gasteiger partial charge in [0, 0.05) is 0 Å². The van der Waals surface area contributed by atoms with Crippen molar-refractivity contribution < 1.29 is 31.4 Å². The summed E-state index contributed by atoms with van der Waals surface area (Å²) in [5.41, 5.74) is 0. The molecular formula is C11H18O7S. The van der Waals surface area contributed by atoms with Gasteiger partial charge in [-0.2, -0.15) is 8.42 Å². The quantitative estimate of drug-likeness (QED) is 0.568. The third-order valence-electron chi connectivity index (χ3n) is 3.04. The van der Waals surface area contributed by atoms with Crippen molar-refractivity contribution in [2.24, 2.45) is 0 Å². The Labute approximate surface area is 112 Å². The fourth-order valence-electron chi connectivity index (χ4n) is 2.09. The Hall–Kier alpha value is -0.510. The number of hydrogen-bond acceptors (Lipinski definition) is 7. The predicted octanol–water partition coefficient (Wildman–Crippen LogP) is 0.104. The largest absolute Gasteiger partial charge is 0.400 e. The molecular weight excluding hydrogens is 276 g/mol. The molecule has 110 valence electrons. The van der Waals surface area contributed by atoms with Crippen molar-refractivity contribution in [3.8, 4) is 0 Å². The van der Waals surface area contributed by atoms with Crippen molar-refractivity contribution >= 4 is 10.4 Å². The van der Waals surface area contributed by atoms with E-state index in [0.29, 0.717) is 6.61 Å². The number of allylic oxidation sites excluding steroid dienone is 1. The molecule has 2 aliphatic heterocycles. The molecule has 2 fully saturated rings. The normalized spacial score (nSPS) is 40.8. The van der Waals surface area contributed by atoms with E-state index in [0.717, 1.165) is 12.8 Å². The number of aliphatic hydroxyl groups is 1. The minimum absolute atomic E-state index is 0.380. The lowest BCUT2D eigenvalue weighted by atomic mass is 10.0. The number of fused-ring (bicyclic) bond motifs is 1. The molecule has 8 heteroatoms. The van der Waals surface area contributed by atoms with E-state index >= 15 is 0 Å². The number of unbranched alkanes of at least 4 members (excludes halogenated alkanes) is 1. The van der Waals surface area contributed by atoms with Gasteiger partial charge in [0.25, 0.3) is 0 Å². The Kier molecular flexibility index (Phi) is 4.59. The highest BCUT2D eigenvalue weighted by molar-refractivity contribution is 7.82. The van der Waals surface area contributed by atoms with Gasteiger partial charge in [-0.25, -0.2) is 8.37 Å². The van der Waals surface area contributed by atoms with Crippen molar-refractivity contribution in [3.05, 3.63) is 12.7 Å². The van der Waals surface area contributed by atoms with Crippen molar-refractivity contribution in [1.29, 1.82) is 0 Å². The van der Waals surface area contributed by atoms with Crippen molar-refractivity contribution in [3.63, 3.8) is 0 Å². The van der Waals surface area contributed by atoms with Crippen LogP contribution in [0.3, 0.4) is 0 Å². The highest BCUT2D eigenvalue weighted by atomic mass is 32.3. The zero-order chi connectivity index (χ0) is 14.0. The molecule has 0 aromatic rings. The minimum atomic E-state index is -4.06. The van der Waals surface area contributed by atoms with Gasteiger partial charge in [0.05, 0.1) is 12.7 Å².